The lowest BCUT2D eigenvalue weighted by Crippen LogP contribution is -2.45. The highest BCUT2D eigenvalue weighted by atomic mass is 35.5. The first-order valence-corrected chi connectivity index (χ1v) is 12.3. The summed E-state index contributed by atoms with van der Waals surface area (Å²) in [6.45, 7) is 5.98. The Bertz CT molecular complexity index is 1400. The molecule has 2 aromatic heterocycles. The second kappa shape index (κ2) is 10.2. The van der Waals surface area contributed by atoms with Crippen LogP contribution in [0.3, 0.4) is 0 Å². The largest absolute Gasteiger partial charge is 0.418 e. The number of ether oxygens (including phenoxy) is 1. The minimum absolute atomic E-state index is 0.0763. The van der Waals surface area contributed by atoms with Crippen molar-refractivity contribution in [3.8, 4) is 11.3 Å². The summed E-state index contributed by atoms with van der Waals surface area (Å²) in [5, 5.41) is 4.60. The highest BCUT2D eigenvalue weighted by molar-refractivity contribution is 6.30. The van der Waals surface area contributed by atoms with E-state index < -0.39 is 11.7 Å². The number of pyridine rings is 1. The van der Waals surface area contributed by atoms with Gasteiger partial charge in [0, 0.05) is 40.9 Å². The Morgan fingerprint density at radius 3 is 2.46 bits per heavy atom. The smallest absolute Gasteiger partial charge is 0.373 e. The fourth-order valence-electron chi connectivity index (χ4n) is 4.64. The van der Waals surface area contributed by atoms with Crippen molar-refractivity contribution in [1.29, 1.82) is 0 Å². The molecule has 37 heavy (non-hydrogen) atoms. The van der Waals surface area contributed by atoms with Gasteiger partial charge in [-0.25, -0.2) is 9.97 Å². The third-order valence-corrected chi connectivity index (χ3v) is 6.35. The van der Waals surface area contributed by atoms with Crippen LogP contribution in [0.4, 0.5) is 24.7 Å². The van der Waals surface area contributed by atoms with Gasteiger partial charge in [-0.3, -0.25) is 9.88 Å². The van der Waals surface area contributed by atoms with Gasteiger partial charge < -0.3 is 10.1 Å². The second-order valence-corrected chi connectivity index (χ2v) is 9.64. The van der Waals surface area contributed by atoms with Crippen molar-refractivity contribution in [3.05, 3.63) is 77.2 Å². The molecule has 10 heteroatoms. The molecule has 0 amide bonds. The van der Waals surface area contributed by atoms with E-state index in [0.29, 0.717) is 39.7 Å². The molecule has 1 N–H and O–H groups in total. The summed E-state index contributed by atoms with van der Waals surface area (Å²) in [4.78, 5) is 15.8. The van der Waals surface area contributed by atoms with Gasteiger partial charge in [0.1, 0.15) is 11.6 Å². The monoisotopic (exact) mass is 527 g/mol. The van der Waals surface area contributed by atoms with Crippen molar-refractivity contribution >= 4 is 34.0 Å². The third kappa shape index (κ3) is 5.84. The number of hydrogen-bond acceptors (Lipinski definition) is 6. The zero-order valence-corrected chi connectivity index (χ0v) is 21.0. The van der Waals surface area contributed by atoms with E-state index in [-0.39, 0.29) is 17.9 Å². The highest BCUT2D eigenvalue weighted by Crippen LogP contribution is 2.37. The number of rotatable bonds is 5. The molecule has 0 bridgehead atoms. The lowest BCUT2D eigenvalue weighted by molar-refractivity contribution is -0.137. The molecule has 0 unspecified atom stereocenters. The van der Waals surface area contributed by atoms with Gasteiger partial charge in [0.25, 0.3) is 0 Å². The van der Waals surface area contributed by atoms with Gasteiger partial charge in [-0.1, -0.05) is 17.7 Å². The van der Waals surface area contributed by atoms with E-state index in [1.54, 1.807) is 30.3 Å². The number of alkyl halides is 3. The first kappa shape index (κ1) is 25.4. The van der Waals surface area contributed by atoms with Crippen LogP contribution in [0.5, 0.6) is 0 Å². The van der Waals surface area contributed by atoms with E-state index in [0.717, 1.165) is 24.8 Å². The molecule has 1 aliphatic heterocycles. The van der Waals surface area contributed by atoms with E-state index in [1.165, 1.54) is 12.3 Å². The van der Waals surface area contributed by atoms with E-state index in [1.807, 2.05) is 26.0 Å². The molecule has 3 heterocycles. The molecule has 1 aliphatic rings. The van der Waals surface area contributed by atoms with Crippen LogP contribution < -0.4 is 5.32 Å². The number of hydrogen-bond donors (Lipinski definition) is 1. The maximum absolute atomic E-state index is 13.7. The zero-order chi connectivity index (χ0) is 26.2. The molecule has 6 nitrogen and oxygen atoms in total. The average Bonchev–Trinajstić information content (AvgIpc) is 2.84. The van der Waals surface area contributed by atoms with Gasteiger partial charge in [-0.2, -0.15) is 13.2 Å². The van der Waals surface area contributed by atoms with E-state index in [2.05, 4.69) is 15.2 Å². The number of morpholine rings is 1. The van der Waals surface area contributed by atoms with Crippen LogP contribution in [-0.4, -0.2) is 45.1 Å². The highest BCUT2D eigenvalue weighted by Gasteiger charge is 2.34. The Morgan fingerprint density at radius 2 is 1.76 bits per heavy atom. The first-order valence-electron chi connectivity index (χ1n) is 11.9. The Morgan fingerprint density at radius 1 is 1.03 bits per heavy atom. The Labute approximate surface area is 217 Å². The normalized spacial score (nSPS) is 18.8. The fraction of sp³-hybridized carbons (Fsp3) is 0.296. The summed E-state index contributed by atoms with van der Waals surface area (Å²) in [5.74, 6) is 1.11. The molecule has 1 fully saturated rings. The predicted molar refractivity (Wildman–Crippen MR) is 138 cm³/mol. The quantitative estimate of drug-likeness (QED) is 0.311. The number of nitrogens with zero attached hydrogens (tertiary/aromatic N) is 4. The molecule has 192 valence electrons. The van der Waals surface area contributed by atoms with E-state index >= 15 is 0 Å². The summed E-state index contributed by atoms with van der Waals surface area (Å²) in [6, 6.07) is 14.5. The molecule has 0 spiro atoms. The number of aromatic nitrogens is 3. The van der Waals surface area contributed by atoms with Gasteiger partial charge in [-0.15, -0.1) is 0 Å². The topological polar surface area (TPSA) is 63.2 Å². The summed E-state index contributed by atoms with van der Waals surface area (Å²) in [7, 11) is 0. The maximum Gasteiger partial charge on any atom is 0.418 e. The number of halogens is 4. The van der Waals surface area contributed by atoms with Crippen molar-refractivity contribution in [2.45, 2.75) is 38.8 Å². The number of benzene rings is 2. The minimum atomic E-state index is -4.53. The van der Waals surface area contributed by atoms with Crippen molar-refractivity contribution in [3.63, 3.8) is 0 Å². The average molecular weight is 528 g/mol. The Kier molecular flexibility index (Phi) is 7.02. The van der Waals surface area contributed by atoms with Crippen molar-refractivity contribution < 1.29 is 17.9 Å². The lowest BCUT2D eigenvalue weighted by atomic mass is 10.0. The van der Waals surface area contributed by atoms with Crippen LogP contribution in [0.15, 0.2) is 60.8 Å². The first-order chi connectivity index (χ1) is 17.7. The van der Waals surface area contributed by atoms with Gasteiger partial charge >= 0.3 is 6.18 Å². The van der Waals surface area contributed by atoms with E-state index in [4.69, 9.17) is 26.3 Å². The Hall–Kier alpha value is -3.27. The third-order valence-electron chi connectivity index (χ3n) is 6.10. The molecule has 4 aromatic rings. The van der Waals surface area contributed by atoms with Crippen LogP contribution in [0.25, 0.3) is 22.2 Å². The summed E-state index contributed by atoms with van der Waals surface area (Å²) in [6.07, 6.45) is -3.02. The van der Waals surface area contributed by atoms with Crippen molar-refractivity contribution in [1.82, 2.24) is 19.9 Å². The van der Waals surface area contributed by atoms with Gasteiger partial charge in [0.2, 0.25) is 0 Å². The minimum Gasteiger partial charge on any atom is -0.373 e. The summed E-state index contributed by atoms with van der Waals surface area (Å²) < 4.78 is 46.8. The number of nitrogens with one attached hydrogen (secondary N) is 1. The zero-order valence-electron chi connectivity index (χ0n) is 20.3. The van der Waals surface area contributed by atoms with Gasteiger partial charge in [0.15, 0.2) is 0 Å². The second-order valence-electron chi connectivity index (χ2n) is 9.20. The molecule has 0 saturated carbocycles. The van der Waals surface area contributed by atoms with Crippen LogP contribution in [0.1, 0.15) is 25.2 Å². The molecule has 1 saturated heterocycles. The summed E-state index contributed by atoms with van der Waals surface area (Å²) >= 11 is 6.03. The standard InChI is InChI=1S/C27H25ClF3N5O/c1-16-13-36(14-17(2)37-16)15-24-34-23-12-18(25-22(27(29,30)31)4-3-11-32-25)5-10-21(23)26(35-24)33-20-8-6-19(28)7-9-20/h3-12,16-17H,13-15H2,1-2H3,(H,33,34,35)/t16-,17-/m0/s1. The van der Waals surface area contributed by atoms with Crippen molar-refractivity contribution in [2.75, 3.05) is 18.4 Å². The molecule has 2 atom stereocenters. The lowest BCUT2D eigenvalue weighted by Gasteiger charge is -2.34. The number of anilines is 2. The molecular formula is C27H25ClF3N5O. The fourth-order valence-corrected chi connectivity index (χ4v) is 4.76. The van der Waals surface area contributed by atoms with Crippen molar-refractivity contribution in [2.24, 2.45) is 0 Å². The molecule has 0 aliphatic carbocycles. The molecular weight excluding hydrogens is 503 g/mol. The SMILES string of the molecule is C[C@H]1CN(Cc2nc(Nc3ccc(Cl)cc3)c3ccc(-c4ncccc4C(F)(F)F)cc3n2)C[C@H](C)O1. The van der Waals surface area contributed by atoms with Crippen LogP contribution >= 0.6 is 11.6 Å². The summed E-state index contributed by atoms with van der Waals surface area (Å²) in [5.41, 5.74) is 0.694. The van der Waals surface area contributed by atoms with Gasteiger partial charge in [0.05, 0.1) is 35.5 Å². The molecule has 2 aromatic carbocycles. The molecule has 0 radical (unpaired) electrons. The predicted octanol–water partition coefficient (Wildman–Crippen LogP) is 6.72. The van der Waals surface area contributed by atoms with Gasteiger partial charge in [-0.05, 0) is 62.4 Å². The maximum atomic E-state index is 13.7. The van der Waals surface area contributed by atoms with E-state index in [9.17, 15) is 13.2 Å². The number of fused-ring (bicyclic) bond motifs is 1. The van der Waals surface area contributed by atoms with Crippen LogP contribution in [-0.2, 0) is 17.5 Å². The van der Waals surface area contributed by atoms with Crippen LogP contribution in [0, 0.1) is 0 Å². The van der Waals surface area contributed by atoms with Crippen LogP contribution in [0.2, 0.25) is 5.02 Å². The Balaban J connectivity index is 1.58. The molecule has 5 rings (SSSR count).